The molecule has 0 bridgehead atoms. The second kappa shape index (κ2) is 4.11. The van der Waals surface area contributed by atoms with E-state index in [4.69, 9.17) is 8.94 Å². The molecule has 0 fully saturated rings. The Kier molecular flexibility index (Phi) is 2.65. The average molecular weight is 192 g/mol. The fourth-order valence-electron chi connectivity index (χ4n) is 1.23. The van der Waals surface area contributed by atoms with E-state index in [9.17, 15) is 0 Å². The minimum Gasteiger partial charge on any atom is -0.472 e. The van der Waals surface area contributed by atoms with E-state index in [0.29, 0.717) is 6.54 Å². The number of hydrogen-bond acceptors (Lipinski definition) is 4. The van der Waals surface area contributed by atoms with E-state index in [0.717, 1.165) is 23.6 Å². The highest BCUT2D eigenvalue weighted by Gasteiger charge is 1.99. The lowest BCUT2D eigenvalue weighted by Crippen LogP contribution is -2.12. The molecule has 0 saturated carbocycles. The van der Waals surface area contributed by atoms with E-state index >= 15 is 0 Å². The van der Waals surface area contributed by atoms with Crippen molar-refractivity contribution in [2.75, 3.05) is 0 Å². The number of aryl methyl sites for hydroxylation is 1. The Morgan fingerprint density at radius 2 is 2.36 bits per heavy atom. The van der Waals surface area contributed by atoms with Gasteiger partial charge in [0.05, 0.1) is 18.2 Å². The van der Waals surface area contributed by atoms with Crippen LogP contribution in [0.2, 0.25) is 0 Å². The number of hydrogen-bond donors (Lipinski definition) is 1. The molecule has 0 atom stereocenters. The predicted molar refractivity (Wildman–Crippen MR) is 50.5 cm³/mol. The summed E-state index contributed by atoms with van der Waals surface area (Å²) in [4.78, 5) is 0. The van der Waals surface area contributed by atoms with Gasteiger partial charge >= 0.3 is 0 Å². The normalized spacial score (nSPS) is 10.6. The highest BCUT2D eigenvalue weighted by atomic mass is 16.5. The Morgan fingerprint density at radius 3 is 3.00 bits per heavy atom. The molecule has 2 aromatic heterocycles. The highest BCUT2D eigenvalue weighted by molar-refractivity contribution is 5.06. The fraction of sp³-hybridized carbons (Fsp3) is 0.300. The zero-order valence-corrected chi connectivity index (χ0v) is 7.99. The van der Waals surface area contributed by atoms with Crippen molar-refractivity contribution in [1.29, 1.82) is 0 Å². The van der Waals surface area contributed by atoms with Gasteiger partial charge in [-0.3, -0.25) is 0 Å². The van der Waals surface area contributed by atoms with E-state index < -0.39 is 0 Å². The van der Waals surface area contributed by atoms with E-state index in [1.807, 2.05) is 19.1 Å². The van der Waals surface area contributed by atoms with Gasteiger partial charge in [-0.05, 0) is 13.0 Å². The first-order chi connectivity index (χ1) is 6.84. The molecule has 4 nitrogen and oxygen atoms in total. The topological polar surface area (TPSA) is 51.2 Å². The number of furan rings is 1. The molecule has 0 amide bonds. The number of rotatable bonds is 4. The van der Waals surface area contributed by atoms with Gasteiger partial charge in [0.25, 0.3) is 0 Å². The first-order valence-corrected chi connectivity index (χ1v) is 4.48. The molecule has 0 radical (unpaired) electrons. The number of nitrogens with one attached hydrogen (secondary N) is 1. The molecule has 0 aromatic carbocycles. The zero-order chi connectivity index (χ0) is 9.80. The molecule has 14 heavy (non-hydrogen) atoms. The van der Waals surface area contributed by atoms with Crippen LogP contribution in [0, 0.1) is 6.92 Å². The Hall–Kier alpha value is -1.55. The maximum absolute atomic E-state index is 4.95. The number of nitrogens with zero attached hydrogens (tertiary/aromatic N) is 1. The van der Waals surface area contributed by atoms with Crippen molar-refractivity contribution >= 4 is 0 Å². The summed E-state index contributed by atoms with van der Waals surface area (Å²) in [6.45, 7) is 3.37. The van der Waals surface area contributed by atoms with Crippen LogP contribution in [0.3, 0.4) is 0 Å². The molecular formula is C10H12N2O2. The lowest BCUT2D eigenvalue weighted by molar-refractivity contribution is 0.388. The maximum Gasteiger partial charge on any atom is 0.133 e. The summed E-state index contributed by atoms with van der Waals surface area (Å²) in [6.07, 6.45) is 3.39. The summed E-state index contributed by atoms with van der Waals surface area (Å²) in [6, 6.07) is 3.85. The predicted octanol–water partition coefficient (Wildman–Crippen LogP) is 1.87. The van der Waals surface area contributed by atoms with Crippen molar-refractivity contribution < 1.29 is 8.94 Å². The summed E-state index contributed by atoms with van der Waals surface area (Å²) in [7, 11) is 0. The molecule has 0 spiro atoms. The summed E-state index contributed by atoms with van der Waals surface area (Å²) in [5.74, 6) is 0.838. The van der Waals surface area contributed by atoms with Crippen LogP contribution in [0.4, 0.5) is 0 Å². The third-order valence-corrected chi connectivity index (χ3v) is 1.89. The Morgan fingerprint density at radius 1 is 1.43 bits per heavy atom. The second-order valence-corrected chi connectivity index (χ2v) is 3.16. The van der Waals surface area contributed by atoms with Gasteiger partial charge in [-0.15, -0.1) is 0 Å². The van der Waals surface area contributed by atoms with E-state index in [-0.39, 0.29) is 0 Å². The van der Waals surface area contributed by atoms with Crippen LogP contribution in [-0.4, -0.2) is 5.16 Å². The Balaban J connectivity index is 1.78. The standard InChI is InChI=1S/C10H12N2O2/c1-8-4-10(12-14-8)6-11-5-9-2-3-13-7-9/h2-4,7,11H,5-6H2,1H3. The average Bonchev–Trinajstić information content (AvgIpc) is 2.77. The van der Waals surface area contributed by atoms with E-state index in [1.54, 1.807) is 12.5 Å². The van der Waals surface area contributed by atoms with Gasteiger partial charge in [-0.2, -0.15) is 0 Å². The molecule has 0 aliphatic carbocycles. The summed E-state index contributed by atoms with van der Waals surface area (Å²) in [5.41, 5.74) is 2.05. The fourth-order valence-corrected chi connectivity index (χ4v) is 1.23. The number of aromatic nitrogens is 1. The Labute approximate surface area is 81.9 Å². The Bertz CT molecular complexity index is 378. The monoisotopic (exact) mass is 192 g/mol. The van der Waals surface area contributed by atoms with Crippen molar-refractivity contribution in [2.45, 2.75) is 20.0 Å². The quantitative estimate of drug-likeness (QED) is 0.803. The van der Waals surface area contributed by atoms with Gasteiger partial charge in [0.1, 0.15) is 5.76 Å². The summed E-state index contributed by atoms with van der Waals surface area (Å²) in [5, 5.41) is 7.11. The summed E-state index contributed by atoms with van der Waals surface area (Å²) < 4.78 is 9.89. The molecule has 2 rings (SSSR count). The largest absolute Gasteiger partial charge is 0.472 e. The van der Waals surface area contributed by atoms with E-state index in [2.05, 4.69) is 10.5 Å². The van der Waals surface area contributed by atoms with Gasteiger partial charge in [0.15, 0.2) is 0 Å². The molecular weight excluding hydrogens is 180 g/mol. The molecule has 0 aliphatic rings. The van der Waals surface area contributed by atoms with E-state index in [1.165, 1.54) is 0 Å². The molecule has 4 heteroatoms. The molecule has 0 aliphatic heterocycles. The van der Waals surface area contributed by atoms with Crippen molar-refractivity contribution in [3.63, 3.8) is 0 Å². The van der Waals surface area contributed by atoms with Crippen molar-refractivity contribution in [2.24, 2.45) is 0 Å². The summed E-state index contributed by atoms with van der Waals surface area (Å²) >= 11 is 0. The van der Waals surface area contributed by atoms with Gasteiger partial charge in [-0.25, -0.2) is 0 Å². The lowest BCUT2D eigenvalue weighted by Gasteiger charge is -1.97. The first kappa shape index (κ1) is 9.02. The van der Waals surface area contributed by atoms with Gasteiger partial charge in [0.2, 0.25) is 0 Å². The lowest BCUT2D eigenvalue weighted by atomic mass is 10.3. The van der Waals surface area contributed by atoms with Crippen molar-refractivity contribution in [3.05, 3.63) is 41.7 Å². The third kappa shape index (κ3) is 2.23. The van der Waals surface area contributed by atoms with Crippen molar-refractivity contribution in [1.82, 2.24) is 10.5 Å². The van der Waals surface area contributed by atoms with Crippen LogP contribution in [0.25, 0.3) is 0 Å². The van der Waals surface area contributed by atoms with Gasteiger partial charge in [-0.1, -0.05) is 5.16 Å². The second-order valence-electron chi connectivity index (χ2n) is 3.16. The maximum atomic E-state index is 4.95. The molecule has 0 saturated heterocycles. The van der Waals surface area contributed by atoms with Crippen LogP contribution >= 0.6 is 0 Å². The molecule has 2 heterocycles. The van der Waals surface area contributed by atoms with Crippen LogP contribution in [0.1, 0.15) is 17.0 Å². The van der Waals surface area contributed by atoms with Crippen LogP contribution < -0.4 is 5.32 Å². The van der Waals surface area contributed by atoms with Gasteiger partial charge < -0.3 is 14.3 Å². The van der Waals surface area contributed by atoms with Crippen LogP contribution in [0.15, 0.2) is 33.6 Å². The minimum atomic E-state index is 0.711. The third-order valence-electron chi connectivity index (χ3n) is 1.89. The molecule has 0 unspecified atom stereocenters. The zero-order valence-electron chi connectivity index (χ0n) is 7.99. The molecule has 1 N–H and O–H groups in total. The highest BCUT2D eigenvalue weighted by Crippen LogP contribution is 2.02. The van der Waals surface area contributed by atoms with Crippen LogP contribution in [0.5, 0.6) is 0 Å². The van der Waals surface area contributed by atoms with Gasteiger partial charge in [0, 0.05) is 24.7 Å². The minimum absolute atomic E-state index is 0.711. The SMILES string of the molecule is Cc1cc(CNCc2ccoc2)no1. The van der Waals surface area contributed by atoms with Crippen molar-refractivity contribution in [3.8, 4) is 0 Å². The molecule has 74 valence electrons. The smallest absolute Gasteiger partial charge is 0.133 e. The van der Waals surface area contributed by atoms with Crippen LogP contribution in [-0.2, 0) is 13.1 Å². The first-order valence-electron chi connectivity index (χ1n) is 4.48. The molecule has 2 aromatic rings.